The normalized spacial score (nSPS) is 17.4. The number of aryl methyl sites for hydroxylation is 1. The Hall–Kier alpha value is -2.07. The van der Waals surface area contributed by atoms with Crippen LogP contribution in [-0.4, -0.2) is 51.5 Å². The van der Waals surface area contributed by atoms with Gasteiger partial charge < -0.3 is 19.5 Å². The van der Waals surface area contributed by atoms with Gasteiger partial charge in [-0.3, -0.25) is 0 Å². The van der Waals surface area contributed by atoms with Crippen molar-refractivity contribution in [1.29, 1.82) is 0 Å². The molecule has 0 unspecified atom stereocenters. The van der Waals surface area contributed by atoms with Gasteiger partial charge in [-0.25, -0.2) is 4.79 Å². The van der Waals surface area contributed by atoms with Crippen LogP contribution in [0.3, 0.4) is 0 Å². The predicted molar refractivity (Wildman–Crippen MR) is 77.3 cm³/mol. The Labute approximate surface area is 124 Å². The molecule has 1 fully saturated rings. The summed E-state index contributed by atoms with van der Waals surface area (Å²) in [5.74, 6) is 3.24. The molecule has 1 saturated heterocycles. The Bertz CT molecular complexity index is 502. The number of aromatic nitrogens is 3. The van der Waals surface area contributed by atoms with Crippen molar-refractivity contribution in [2.24, 2.45) is 0 Å². The first-order valence-corrected chi connectivity index (χ1v) is 7.19. The Kier molecular flexibility index (Phi) is 5.58. The molecular formula is C14H21N5O2. The Morgan fingerprint density at radius 1 is 1.71 bits per heavy atom. The minimum absolute atomic E-state index is 0.0865. The van der Waals surface area contributed by atoms with Crippen LogP contribution in [0.4, 0.5) is 4.79 Å². The van der Waals surface area contributed by atoms with E-state index in [9.17, 15) is 4.79 Å². The molecule has 21 heavy (non-hydrogen) atoms. The fraction of sp³-hybridized carbons (Fsp3) is 0.643. The monoisotopic (exact) mass is 291 g/mol. The van der Waals surface area contributed by atoms with E-state index in [4.69, 9.17) is 11.2 Å². The van der Waals surface area contributed by atoms with E-state index in [-0.39, 0.29) is 18.7 Å². The van der Waals surface area contributed by atoms with Crippen molar-refractivity contribution >= 4 is 6.03 Å². The summed E-state index contributed by atoms with van der Waals surface area (Å²) in [4.78, 5) is 13.8. The number of rotatable bonds is 6. The van der Waals surface area contributed by atoms with Gasteiger partial charge in [0, 0.05) is 19.7 Å². The maximum atomic E-state index is 12.2. The van der Waals surface area contributed by atoms with Crippen LogP contribution >= 0.6 is 0 Å². The van der Waals surface area contributed by atoms with Crippen molar-refractivity contribution in [3.05, 3.63) is 12.2 Å². The molecule has 0 aromatic carbocycles. The second-order valence-corrected chi connectivity index (χ2v) is 4.91. The first-order chi connectivity index (χ1) is 10.2. The number of terminal acetylenes is 1. The molecule has 1 aliphatic heterocycles. The third-order valence-electron chi connectivity index (χ3n) is 3.45. The molecule has 7 nitrogen and oxygen atoms in total. The molecule has 1 atom stereocenters. The summed E-state index contributed by atoms with van der Waals surface area (Å²) >= 11 is 0. The van der Waals surface area contributed by atoms with Crippen molar-refractivity contribution in [1.82, 2.24) is 25.0 Å². The number of hydrogen-bond acceptors (Lipinski definition) is 4. The largest absolute Gasteiger partial charge is 0.376 e. The van der Waals surface area contributed by atoms with Crippen LogP contribution in [0.1, 0.15) is 25.6 Å². The fourth-order valence-electron chi connectivity index (χ4n) is 2.31. The number of carbonyl (C=O) groups excluding carboxylic acids is 1. The third kappa shape index (κ3) is 4.20. The first kappa shape index (κ1) is 15.3. The summed E-state index contributed by atoms with van der Waals surface area (Å²) in [5, 5.41) is 10.6. The summed E-state index contributed by atoms with van der Waals surface area (Å²) in [7, 11) is 0. The predicted octanol–water partition coefficient (Wildman–Crippen LogP) is 0.622. The molecule has 0 bridgehead atoms. The van der Waals surface area contributed by atoms with Crippen LogP contribution < -0.4 is 5.32 Å². The number of urea groups is 1. The van der Waals surface area contributed by atoms with Crippen molar-refractivity contribution < 1.29 is 9.53 Å². The van der Waals surface area contributed by atoms with Gasteiger partial charge in [0.15, 0.2) is 5.82 Å². The fourth-order valence-corrected chi connectivity index (χ4v) is 2.31. The highest BCUT2D eigenvalue weighted by molar-refractivity contribution is 5.74. The van der Waals surface area contributed by atoms with Crippen molar-refractivity contribution in [3.63, 3.8) is 0 Å². The number of nitrogens with zero attached hydrogens (tertiary/aromatic N) is 4. The first-order valence-electron chi connectivity index (χ1n) is 7.19. The number of hydrogen-bond donors (Lipinski definition) is 1. The lowest BCUT2D eigenvalue weighted by Crippen LogP contribution is -2.44. The number of amides is 2. The van der Waals surface area contributed by atoms with Crippen LogP contribution in [-0.2, 0) is 17.8 Å². The van der Waals surface area contributed by atoms with E-state index in [0.29, 0.717) is 13.1 Å². The van der Waals surface area contributed by atoms with E-state index in [2.05, 4.69) is 21.4 Å². The molecule has 0 aliphatic carbocycles. The van der Waals surface area contributed by atoms with E-state index in [0.717, 1.165) is 31.8 Å². The molecule has 0 saturated carbocycles. The highest BCUT2D eigenvalue weighted by Crippen LogP contribution is 2.13. The second-order valence-electron chi connectivity index (χ2n) is 4.91. The van der Waals surface area contributed by atoms with Crippen molar-refractivity contribution in [3.8, 4) is 12.3 Å². The van der Waals surface area contributed by atoms with Gasteiger partial charge in [0.2, 0.25) is 0 Å². The van der Waals surface area contributed by atoms with E-state index in [1.54, 1.807) is 11.2 Å². The average Bonchev–Trinajstić information content (AvgIpc) is 3.15. The van der Waals surface area contributed by atoms with E-state index >= 15 is 0 Å². The minimum atomic E-state index is -0.200. The lowest BCUT2D eigenvalue weighted by atomic mass is 10.2. The molecule has 7 heteroatoms. The van der Waals surface area contributed by atoms with E-state index in [1.165, 1.54) is 0 Å². The van der Waals surface area contributed by atoms with E-state index < -0.39 is 0 Å². The SMILES string of the molecule is C#CCN(C[C@H]1CCCO1)C(=O)NCc1nncn1CC. The zero-order chi connectivity index (χ0) is 15.1. The molecule has 1 N–H and O–H groups in total. The average molecular weight is 291 g/mol. The highest BCUT2D eigenvalue weighted by atomic mass is 16.5. The standard InChI is InChI=1S/C14H21N5O2/c1-3-7-19(10-12-6-5-8-21-12)14(20)15-9-13-17-16-11-18(13)4-2/h1,11-12H,4-10H2,2H3,(H,15,20)/t12-/m1/s1. The van der Waals surface area contributed by atoms with Crippen LogP contribution in [0.2, 0.25) is 0 Å². The summed E-state index contributed by atoms with van der Waals surface area (Å²) in [6.07, 6.45) is 9.08. The maximum absolute atomic E-state index is 12.2. The second kappa shape index (κ2) is 7.64. The quantitative estimate of drug-likeness (QED) is 0.780. The van der Waals surface area contributed by atoms with Gasteiger partial charge >= 0.3 is 6.03 Å². The summed E-state index contributed by atoms with van der Waals surface area (Å²) in [6, 6.07) is -0.200. The van der Waals surface area contributed by atoms with E-state index in [1.807, 2.05) is 11.5 Å². The van der Waals surface area contributed by atoms with Gasteiger partial charge in [0.1, 0.15) is 6.33 Å². The molecule has 0 radical (unpaired) electrons. The molecule has 0 spiro atoms. The number of ether oxygens (including phenoxy) is 1. The zero-order valence-electron chi connectivity index (χ0n) is 12.3. The van der Waals surface area contributed by atoms with Gasteiger partial charge in [-0.15, -0.1) is 16.6 Å². The Morgan fingerprint density at radius 3 is 3.24 bits per heavy atom. The van der Waals surface area contributed by atoms with Crippen molar-refractivity contribution in [2.45, 2.75) is 39.0 Å². The third-order valence-corrected chi connectivity index (χ3v) is 3.45. The van der Waals surface area contributed by atoms with Gasteiger partial charge in [0.05, 0.1) is 19.2 Å². The molecule has 2 amide bonds. The Morgan fingerprint density at radius 2 is 2.57 bits per heavy atom. The summed E-state index contributed by atoms with van der Waals surface area (Å²) < 4.78 is 7.43. The molecule has 2 heterocycles. The molecule has 114 valence electrons. The number of nitrogens with one attached hydrogen (secondary N) is 1. The molecule has 2 rings (SSSR count). The molecule has 1 aliphatic rings. The van der Waals surface area contributed by atoms with Gasteiger partial charge in [-0.1, -0.05) is 5.92 Å². The van der Waals surface area contributed by atoms with Crippen LogP contribution in [0.5, 0.6) is 0 Å². The topological polar surface area (TPSA) is 72.3 Å². The van der Waals surface area contributed by atoms with Gasteiger partial charge in [0.25, 0.3) is 0 Å². The Balaban J connectivity index is 1.87. The van der Waals surface area contributed by atoms with Gasteiger partial charge in [-0.2, -0.15) is 0 Å². The number of carbonyl (C=O) groups is 1. The minimum Gasteiger partial charge on any atom is -0.376 e. The summed E-state index contributed by atoms with van der Waals surface area (Å²) in [6.45, 7) is 4.65. The smallest absolute Gasteiger partial charge is 0.318 e. The summed E-state index contributed by atoms with van der Waals surface area (Å²) in [5.41, 5.74) is 0. The zero-order valence-corrected chi connectivity index (χ0v) is 12.3. The van der Waals surface area contributed by atoms with Gasteiger partial charge in [-0.05, 0) is 19.8 Å². The van der Waals surface area contributed by atoms with Crippen LogP contribution in [0, 0.1) is 12.3 Å². The lowest BCUT2D eigenvalue weighted by Gasteiger charge is -2.23. The van der Waals surface area contributed by atoms with Crippen LogP contribution in [0.15, 0.2) is 6.33 Å². The molecule has 1 aromatic heterocycles. The lowest BCUT2D eigenvalue weighted by molar-refractivity contribution is 0.0845. The maximum Gasteiger partial charge on any atom is 0.318 e. The highest BCUT2D eigenvalue weighted by Gasteiger charge is 2.22. The molecule has 1 aromatic rings. The molecular weight excluding hydrogens is 270 g/mol. The van der Waals surface area contributed by atoms with Crippen molar-refractivity contribution in [2.75, 3.05) is 19.7 Å². The van der Waals surface area contributed by atoms with Crippen LogP contribution in [0.25, 0.3) is 0 Å².